The van der Waals surface area contributed by atoms with E-state index >= 15 is 0 Å². The summed E-state index contributed by atoms with van der Waals surface area (Å²) in [5, 5.41) is 0.126. The molecule has 0 spiro atoms. The van der Waals surface area contributed by atoms with E-state index in [0.29, 0.717) is 8.95 Å². The summed E-state index contributed by atoms with van der Waals surface area (Å²) in [5.41, 5.74) is 0. The fourth-order valence-corrected chi connectivity index (χ4v) is 2.56. The molecule has 0 bridgehead atoms. The highest BCUT2D eigenvalue weighted by Crippen LogP contribution is 2.36. The maximum Gasteiger partial charge on any atom is 0.387 e. The van der Waals surface area contributed by atoms with Crippen molar-refractivity contribution in [3.63, 3.8) is 0 Å². The van der Waals surface area contributed by atoms with Gasteiger partial charge in [-0.2, -0.15) is 8.78 Å². The Balaban J connectivity index is 3.06. The predicted molar refractivity (Wildman–Crippen MR) is 53.5 cm³/mol. The minimum absolute atomic E-state index is 0.0557. The molecule has 0 aliphatic rings. The second kappa shape index (κ2) is 4.57. The minimum Gasteiger partial charge on any atom is -0.432 e. The van der Waals surface area contributed by atoms with Gasteiger partial charge < -0.3 is 4.74 Å². The summed E-state index contributed by atoms with van der Waals surface area (Å²) in [5.74, 6) is -0.0557. The molecule has 0 aliphatic carbocycles. The fraction of sp³-hybridized carbons (Fsp3) is 0.143. The first kappa shape index (κ1) is 11.2. The second-order valence-corrected chi connectivity index (χ2v) is 4.25. The van der Waals surface area contributed by atoms with Crippen molar-refractivity contribution in [2.45, 2.75) is 6.61 Å². The van der Waals surface area contributed by atoms with Crippen LogP contribution in [0.25, 0.3) is 0 Å². The minimum atomic E-state index is -2.88. The molecule has 0 fully saturated rings. The molecule has 1 aromatic carbocycles. The number of hydrogen-bond donors (Lipinski definition) is 0. The molecule has 1 rings (SSSR count). The lowest BCUT2D eigenvalue weighted by Crippen LogP contribution is -2.02. The first-order chi connectivity index (χ1) is 6.00. The van der Waals surface area contributed by atoms with Gasteiger partial charge in [0.05, 0.1) is 9.50 Å². The third-order valence-electron chi connectivity index (χ3n) is 1.17. The van der Waals surface area contributed by atoms with Crippen molar-refractivity contribution in [2.75, 3.05) is 0 Å². The third kappa shape index (κ3) is 3.07. The summed E-state index contributed by atoms with van der Waals surface area (Å²) < 4.78 is 29.0. The zero-order valence-corrected chi connectivity index (χ0v) is 9.96. The van der Waals surface area contributed by atoms with Crippen molar-refractivity contribution in [1.29, 1.82) is 0 Å². The van der Waals surface area contributed by atoms with Crippen LogP contribution >= 0.6 is 43.5 Å². The van der Waals surface area contributed by atoms with Crippen molar-refractivity contribution in [2.24, 2.45) is 0 Å². The summed E-state index contributed by atoms with van der Waals surface area (Å²) in [7, 11) is 0. The van der Waals surface area contributed by atoms with Crippen LogP contribution in [0.3, 0.4) is 0 Å². The SMILES string of the molecule is FC(F)Oc1c(Cl)cc(Br)cc1Br. The van der Waals surface area contributed by atoms with E-state index in [1.165, 1.54) is 6.07 Å². The molecule has 1 nitrogen and oxygen atoms in total. The molecule has 72 valence electrons. The zero-order valence-electron chi connectivity index (χ0n) is 6.03. The maximum atomic E-state index is 11.9. The zero-order chi connectivity index (χ0) is 10.0. The monoisotopic (exact) mass is 334 g/mol. The first-order valence-electron chi connectivity index (χ1n) is 3.10. The Morgan fingerprint density at radius 2 is 1.92 bits per heavy atom. The number of ether oxygens (including phenoxy) is 1. The number of rotatable bonds is 2. The molecular weight excluding hydrogens is 333 g/mol. The fourth-order valence-electron chi connectivity index (χ4n) is 0.731. The highest BCUT2D eigenvalue weighted by Gasteiger charge is 2.12. The first-order valence-corrected chi connectivity index (χ1v) is 5.06. The highest BCUT2D eigenvalue weighted by atomic mass is 79.9. The van der Waals surface area contributed by atoms with E-state index in [0.717, 1.165) is 0 Å². The van der Waals surface area contributed by atoms with Crippen LogP contribution in [0.4, 0.5) is 8.78 Å². The van der Waals surface area contributed by atoms with Gasteiger partial charge in [-0.15, -0.1) is 0 Å². The topological polar surface area (TPSA) is 9.23 Å². The second-order valence-electron chi connectivity index (χ2n) is 2.08. The molecule has 6 heteroatoms. The summed E-state index contributed by atoms with van der Waals surface area (Å²) in [4.78, 5) is 0. The number of hydrogen-bond acceptors (Lipinski definition) is 1. The Labute approximate surface area is 95.3 Å². The Bertz CT molecular complexity index is 296. The molecule has 0 heterocycles. The van der Waals surface area contributed by atoms with E-state index in [4.69, 9.17) is 11.6 Å². The van der Waals surface area contributed by atoms with Gasteiger partial charge in [0.25, 0.3) is 0 Å². The Morgan fingerprint density at radius 3 is 2.38 bits per heavy atom. The van der Waals surface area contributed by atoms with Gasteiger partial charge in [0.15, 0.2) is 5.75 Å². The summed E-state index contributed by atoms with van der Waals surface area (Å²) >= 11 is 11.9. The van der Waals surface area contributed by atoms with Crippen LogP contribution in [0.5, 0.6) is 5.75 Å². The summed E-state index contributed by atoms with van der Waals surface area (Å²) in [6, 6.07) is 3.05. The Kier molecular flexibility index (Phi) is 3.94. The van der Waals surface area contributed by atoms with Crippen LogP contribution in [0.15, 0.2) is 21.1 Å². The van der Waals surface area contributed by atoms with Gasteiger partial charge in [-0.1, -0.05) is 27.5 Å². The molecule has 13 heavy (non-hydrogen) atoms. The lowest BCUT2D eigenvalue weighted by Gasteiger charge is -2.08. The van der Waals surface area contributed by atoms with Crippen LogP contribution in [0, 0.1) is 0 Å². The highest BCUT2D eigenvalue weighted by molar-refractivity contribution is 9.11. The number of halogens is 5. The van der Waals surface area contributed by atoms with Gasteiger partial charge in [0.1, 0.15) is 0 Å². The van der Waals surface area contributed by atoms with Crippen molar-refractivity contribution in [1.82, 2.24) is 0 Å². The van der Waals surface area contributed by atoms with E-state index in [1.807, 2.05) is 0 Å². The summed E-state index contributed by atoms with van der Waals surface area (Å²) in [6.45, 7) is -2.88. The van der Waals surface area contributed by atoms with Gasteiger partial charge >= 0.3 is 6.61 Å². The van der Waals surface area contributed by atoms with Crippen LogP contribution in [-0.4, -0.2) is 6.61 Å². The average molecular weight is 336 g/mol. The number of alkyl halides is 2. The summed E-state index contributed by atoms with van der Waals surface area (Å²) in [6.07, 6.45) is 0. The molecule has 0 aliphatic heterocycles. The standard InChI is InChI=1S/C7H3Br2ClF2O/c8-3-1-4(9)6(5(10)2-3)13-7(11)12/h1-2,7H. The Morgan fingerprint density at radius 1 is 1.31 bits per heavy atom. The van der Waals surface area contributed by atoms with E-state index < -0.39 is 6.61 Å². The molecule has 0 saturated heterocycles. The third-order valence-corrected chi connectivity index (χ3v) is 2.50. The van der Waals surface area contributed by atoms with Crippen LogP contribution in [-0.2, 0) is 0 Å². The molecule has 0 unspecified atom stereocenters. The van der Waals surface area contributed by atoms with E-state index in [-0.39, 0.29) is 10.8 Å². The molecule has 0 radical (unpaired) electrons. The van der Waals surface area contributed by atoms with Crippen LogP contribution in [0.2, 0.25) is 5.02 Å². The van der Waals surface area contributed by atoms with Gasteiger partial charge in [-0.05, 0) is 28.1 Å². The van der Waals surface area contributed by atoms with Gasteiger partial charge in [0, 0.05) is 4.47 Å². The van der Waals surface area contributed by atoms with Crippen molar-refractivity contribution < 1.29 is 13.5 Å². The molecule has 0 aromatic heterocycles. The van der Waals surface area contributed by atoms with E-state index in [9.17, 15) is 8.78 Å². The quantitative estimate of drug-likeness (QED) is 0.774. The van der Waals surface area contributed by atoms with Crippen molar-refractivity contribution in [3.8, 4) is 5.75 Å². The molecule has 0 saturated carbocycles. The lowest BCUT2D eigenvalue weighted by molar-refractivity contribution is -0.0503. The predicted octanol–water partition coefficient (Wildman–Crippen LogP) is 4.47. The molecule has 0 atom stereocenters. The van der Waals surface area contributed by atoms with Crippen molar-refractivity contribution >= 4 is 43.5 Å². The van der Waals surface area contributed by atoms with E-state index in [2.05, 4.69) is 36.6 Å². The van der Waals surface area contributed by atoms with Gasteiger partial charge in [-0.25, -0.2) is 0 Å². The lowest BCUT2D eigenvalue weighted by atomic mass is 10.3. The molecule has 0 N–H and O–H groups in total. The van der Waals surface area contributed by atoms with Crippen LogP contribution < -0.4 is 4.74 Å². The van der Waals surface area contributed by atoms with Crippen LogP contribution in [0.1, 0.15) is 0 Å². The van der Waals surface area contributed by atoms with Crippen molar-refractivity contribution in [3.05, 3.63) is 26.1 Å². The Hall–Kier alpha value is 0.130. The molecule has 0 amide bonds. The average Bonchev–Trinajstić information content (AvgIpc) is 1.96. The van der Waals surface area contributed by atoms with Gasteiger partial charge in [0.2, 0.25) is 0 Å². The van der Waals surface area contributed by atoms with E-state index in [1.54, 1.807) is 6.07 Å². The number of benzene rings is 1. The van der Waals surface area contributed by atoms with Gasteiger partial charge in [-0.3, -0.25) is 0 Å². The maximum absolute atomic E-state index is 11.9. The largest absolute Gasteiger partial charge is 0.432 e. The normalized spacial score (nSPS) is 10.6. The molecular formula is C7H3Br2ClF2O. The smallest absolute Gasteiger partial charge is 0.387 e. The molecule has 1 aromatic rings.